The molecule has 0 spiro atoms. The molecule has 116 valence electrons. The maximum Gasteiger partial charge on any atom is 0.0235 e. The van der Waals surface area contributed by atoms with Crippen molar-refractivity contribution in [2.45, 2.75) is 45.6 Å². The minimum absolute atomic E-state index is 0.609. The van der Waals surface area contributed by atoms with Gasteiger partial charge in [-0.05, 0) is 55.7 Å². The van der Waals surface area contributed by atoms with Crippen LogP contribution in [0.5, 0.6) is 0 Å². The zero-order valence-electron chi connectivity index (χ0n) is 13.6. The van der Waals surface area contributed by atoms with E-state index in [1.54, 1.807) is 0 Å². The smallest absolute Gasteiger partial charge is 0.0235 e. The second-order valence-electron chi connectivity index (χ2n) is 7.45. The van der Waals surface area contributed by atoms with E-state index in [0.717, 1.165) is 12.3 Å². The molecule has 1 unspecified atom stereocenters. The van der Waals surface area contributed by atoms with E-state index in [9.17, 15) is 0 Å². The topological polar surface area (TPSA) is 15.3 Å². The number of nitrogens with one attached hydrogen (secondary N) is 1. The molecular formula is C19H30N2. The van der Waals surface area contributed by atoms with Crippen LogP contribution >= 0.6 is 0 Å². The lowest BCUT2D eigenvalue weighted by molar-refractivity contribution is 0.183. The Hall–Kier alpha value is -0.860. The van der Waals surface area contributed by atoms with Crippen molar-refractivity contribution >= 4 is 0 Å². The molecule has 3 rings (SSSR count). The van der Waals surface area contributed by atoms with Gasteiger partial charge < -0.3 is 10.2 Å². The van der Waals surface area contributed by atoms with Gasteiger partial charge in [-0.2, -0.15) is 0 Å². The van der Waals surface area contributed by atoms with Gasteiger partial charge in [-0.3, -0.25) is 0 Å². The molecule has 1 aromatic rings. The lowest BCUT2D eigenvalue weighted by Crippen LogP contribution is -2.42. The van der Waals surface area contributed by atoms with Gasteiger partial charge in [0.05, 0.1) is 0 Å². The molecule has 2 aliphatic rings. The van der Waals surface area contributed by atoms with Crippen molar-refractivity contribution in [2.24, 2.45) is 11.3 Å². The van der Waals surface area contributed by atoms with E-state index in [0.29, 0.717) is 11.5 Å². The van der Waals surface area contributed by atoms with Crippen molar-refractivity contribution in [1.82, 2.24) is 10.2 Å². The average molecular weight is 286 g/mol. The Labute approximate surface area is 129 Å². The summed E-state index contributed by atoms with van der Waals surface area (Å²) in [6, 6.07) is 11.5. The fourth-order valence-corrected chi connectivity index (χ4v) is 3.78. The molecule has 1 aliphatic carbocycles. The van der Waals surface area contributed by atoms with Gasteiger partial charge in [0.2, 0.25) is 0 Å². The van der Waals surface area contributed by atoms with Crippen molar-refractivity contribution in [3.63, 3.8) is 0 Å². The molecule has 0 amide bonds. The molecule has 2 nitrogen and oxygen atoms in total. The van der Waals surface area contributed by atoms with Crippen LogP contribution in [0.1, 0.15) is 38.7 Å². The van der Waals surface area contributed by atoms with E-state index < -0.39 is 0 Å². The number of hydrogen-bond donors (Lipinski definition) is 1. The van der Waals surface area contributed by atoms with Gasteiger partial charge in [0.25, 0.3) is 0 Å². The fraction of sp³-hybridized carbons (Fsp3) is 0.684. The van der Waals surface area contributed by atoms with Crippen molar-refractivity contribution in [2.75, 3.05) is 26.2 Å². The first-order valence-electron chi connectivity index (χ1n) is 8.68. The van der Waals surface area contributed by atoms with Crippen LogP contribution in [0.25, 0.3) is 0 Å². The third-order valence-corrected chi connectivity index (χ3v) is 5.54. The predicted molar refractivity (Wildman–Crippen MR) is 89.5 cm³/mol. The summed E-state index contributed by atoms with van der Waals surface area (Å²) in [5.74, 6) is 0.835. The first-order chi connectivity index (χ1) is 10.2. The zero-order valence-corrected chi connectivity index (χ0v) is 13.6. The normalized spacial score (nSPS) is 25.8. The molecule has 1 N–H and O–H groups in total. The van der Waals surface area contributed by atoms with E-state index in [1.807, 2.05) is 0 Å². The summed E-state index contributed by atoms with van der Waals surface area (Å²) in [6.07, 6.45) is 5.33. The van der Waals surface area contributed by atoms with Crippen molar-refractivity contribution in [1.29, 1.82) is 0 Å². The van der Waals surface area contributed by atoms with Crippen LogP contribution in [0, 0.1) is 11.3 Å². The maximum absolute atomic E-state index is 3.75. The van der Waals surface area contributed by atoms with Crippen molar-refractivity contribution in [3.05, 3.63) is 35.9 Å². The Kier molecular flexibility index (Phi) is 4.66. The minimum Gasteiger partial charge on any atom is -0.312 e. The van der Waals surface area contributed by atoms with Gasteiger partial charge in [0.1, 0.15) is 0 Å². The highest BCUT2D eigenvalue weighted by Crippen LogP contribution is 2.52. The maximum atomic E-state index is 3.75. The highest BCUT2D eigenvalue weighted by Gasteiger charge is 2.46. The molecular weight excluding hydrogens is 256 g/mol. The predicted octanol–water partition coefficient (Wildman–Crippen LogP) is 3.33. The number of benzene rings is 1. The van der Waals surface area contributed by atoms with Crippen LogP contribution in [-0.2, 0) is 6.42 Å². The summed E-state index contributed by atoms with van der Waals surface area (Å²) in [5.41, 5.74) is 2.10. The van der Waals surface area contributed by atoms with Crippen molar-refractivity contribution < 1.29 is 0 Å². The van der Waals surface area contributed by atoms with Crippen LogP contribution in [0.4, 0.5) is 0 Å². The fourth-order valence-electron chi connectivity index (χ4n) is 3.78. The lowest BCUT2D eigenvalue weighted by Gasteiger charge is -2.30. The van der Waals surface area contributed by atoms with Crippen LogP contribution in [-0.4, -0.2) is 37.1 Å². The van der Waals surface area contributed by atoms with E-state index in [2.05, 4.69) is 54.4 Å². The zero-order chi connectivity index (χ0) is 14.7. The molecule has 0 radical (unpaired) electrons. The Morgan fingerprint density at radius 2 is 2.00 bits per heavy atom. The molecule has 1 atom stereocenters. The van der Waals surface area contributed by atoms with Gasteiger partial charge in [0, 0.05) is 19.1 Å². The summed E-state index contributed by atoms with van der Waals surface area (Å²) in [6.45, 7) is 9.78. The second-order valence-corrected chi connectivity index (χ2v) is 7.45. The van der Waals surface area contributed by atoms with Crippen LogP contribution in [0.2, 0.25) is 0 Å². The summed E-state index contributed by atoms with van der Waals surface area (Å²) >= 11 is 0. The molecule has 1 aromatic carbocycles. The van der Waals surface area contributed by atoms with Gasteiger partial charge >= 0.3 is 0 Å². The molecule has 1 aliphatic heterocycles. The third-order valence-electron chi connectivity index (χ3n) is 5.54. The molecule has 2 heteroatoms. The van der Waals surface area contributed by atoms with E-state index in [-0.39, 0.29) is 0 Å². The molecule has 0 bridgehead atoms. The minimum atomic E-state index is 0.609. The lowest BCUT2D eigenvalue weighted by atomic mass is 9.91. The molecule has 1 heterocycles. The third kappa shape index (κ3) is 3.87. The first kappa shape index (κ1) is 15.1. The van der Waals surface area contributed by atoms with Crippen LogP contribution in [0.15, 0.2) is 30.3 Å². The molecule has 2 fully saturated rings. The monoisotopic (exact) mass is 286 g/mol. The Balaban J connectivity index is 1.59. The number of rotatable bonds is 5. The molecule has 21 heavy (non-hydrogen) atoms. The number of nitrogens with zero attached hydrogens (tertiary/aromatic N) is 1. The first-order valence-corrected chi connectivity index (χ1v) is 8.68. The van der Waals surface area contributed by atoms with Gasteiger partial charge in [-0.1, -0.05) is 44.2 Å². The summed E-state index contributed by atoms with van der Waals surface area (Å²) < 4.78 is 0. The van der Waals surface area contributed by atoms with Crippen molar-refractivity contribution in [3.8, 4) is 0 Å². The Morgan fingerprint density at radius 1 is 1.24 bits per heavy atom. The van der Waals surface area contributed by atoms with Crippen LogP contribution < -0.4 is 5.32 Å². The Bertz CT molecular complexity index is 436. The van der Waals surface area contributed by atoms with Gasteiger partial charge in [0.15, 0.2) is 0 Å². The van der Waals surface area contributed by atoms with E-state index in [1.165, 1.54) is 51.0 Å². The molecule has 1 saturated carbocycles. The summed E-state index contributed by atoms with van der Waals surface area (Å²) in [7, 11) is 0. The standard InChI is InChI=1S/C19H30N2/c1-16(2)19(9-10-19)15-21-12-6-11-20-18(14-21)13-17-7-4-3-5-8-17/h3-5,7-8,16,18,20H,6,9-15H2,1-2H3. The van der Waals surface area contributed by atoms with E-state index >= 15 is 0 Å². The van der Waals surface area contributed by atoms with Crippen LogP contribution in [0.3, 0.4) is 0 Å². The highest BCUT2D eigenvalue weighted by atomic mass is 15.2. The Morgan fingerprint density at radius 3 is 2.67 bits per heavy atom. The summed E-state index contributed by atoms with van der Waals surface area (Å²) in [4.78, 5) is 2.74. The SMILES string of the molecule is CC(C)C1(CN2CCCNC(Cc3ccccc3)C2)CC1. The molecule has 1 saturated heterocycles. The highest BCUT2D eigenvalue weighted by molar-refractivity contribution is 5.16. The second kappa shape index (κ2) is 6.50. The molecule has 0 aromatic heterocycles. The largest absolute Gasteiger partial charge is 0.312 e. The average Bonchev–Trinajstić information content (AvgIpc) is 3.27. The quantitative estimate of drug-likeness (QED) is 0.893. The van der Waals surface area contributed by atoms with Gasteiger partial charge in [-0.25, -0.2) is 0 Å². The summed E-state index contributed by atoms with van der Waals surface area (Å²) in [5, 5.41) is 3.75. The van der Waals surface area contributed by atoms with Gasteiger partial charge in [-0.15, -0.1) is 0 Å². The van der Waals surface area contributed by atoms with E-state index in [4.69, 9.17) is 0 Å². The number of hydrogen-bond acceptors (Lipinski definition) is 2.